The van der Waals surface area contributed by atoms with Gasteiger partial charge in [-0.2, -0.15) is 0 Å². The minimum absolute atomic E-state index is 0.110. The maximum absolute atomic E-state index is 12.4. The number of thioether (sulfide) groups is 1. The van der Waals surface area contributed by atoms with Crippen LogP contribution in [0.25, 0.3) is 0 Å². The van der Waals surface area contributed by atoms with Crippen molar-refractivity contribution in [2.75, 3.05) is 23.0 Å². The number of hydrogen-bond acceptors (Lipinski definition) is 7. The molecule has 0 aliphatic rings. The summed E-state index contributed by atoms with van der Waals surface area (Å²) in [4.78, 5) is 40.9. The predicted molar refractivity (Wildman–Crippen MR) is 137 cm³/mol. The Labute approximate surface area is 207 Å². The van der Waals surface area contributed by atoms with E-state index in [1.54, 1.807) is 24.3 Å². The highest BCUT2D eigenvalue weighted by Gasteiger charge is 2.12. The molecule has 3 rings (SSSR count). The number of amides is 2. The Kier molecular flexibility index (Phi) is 9.66. The molecule has 1 heterocycles. The van der Waals surface area contributed by atoms with Crippen LogP contribution in [0.4, 0.5) is 11.4 Å². The van der Waals surface area contributed by atoms with E-state index < -0.39 is 0 Å². The normalized spacial score (nSPS) is 10.5. The third-order valence-corrected chi connectivity index (χ3v) is 6.74. The van der Waals surface area contributed by atoms with E-state index in [9.17, 15) is 14.4 Å². The number of ether oxygens (including phenoxy) is 1. The van der Waals surface area contributed by atoms with Crippen LogP contribution in [-0.4, -0.2) is 35.1 Å². The smallest absolute Gasteiger partial charge is 0.338 e. The van der Waals surface area contributed by atoms with Crippen LogP contribution in [0.15, 0.2) is 58.3 Å². The third-order valence-electron chi connectivity index (χ3n) is 4.67. The van der Waals surface area contributed by atoms with Crippen LogP contribution in [0, 0.1) is 6.92 Å². The quantitative estimate of drug-likeness (QED) is 0.211. The van der Waals surface area contributed by atoms with Gasteiger partial charge in [-0.1, -0.05) is 42.8 Å². The predicted octanol–water partition coefficient (Wildman–Crippen LogP) is 5.32. The second-order valence-corrected chi connectivity index (χ2v) is 9.68. The average Bonchev–Trinajstić information content (AvgIpc) is 3.27. The molecule has 0 saturated heterocycles. The van der Waals surface area contributed by atoms with E-state index in [4.69, 9.17) is 4.74 Å². The highest BCUT2D eigenvalue weighted by atomic mass is 32.2. The monoisotopic (exact) mass is 497 g/mol. The SMILES string of the molecule is CCCCOC(=O)c1ccc(NC(=O)Cc2csc(SCC(=O)Nc3ccc(C)cc3)n2)cc1. The average molecular weight is 498 g/mol. The zero-order valence-electron chi connectivity index (χ0n) is 19.1. The molecule has 34 heavy (non-hydrogen) atoms. The van der Waals surface area contributed by atoms with Crippen molar-refractivity contribution in [2.45, 2.75) is 37.4 Å². The van der Waals surface area contributed by atoms with Crippen molar-refractivity contribution in [3.8, 4) is 0 Å². The number of thiazole rings is 1. The summed E-state index contributed by atoms with van der Waals surface area (Å²) in [5.74, 6) is -0.454. The lowest BCUT2D eigenvalue weighted by Gasteiger charge is -2.06. The highest BCUT2D eigenvalue weighted by Crippen LogP contribution is 2.23. The number of carbonyl (C=O) groups is 3. The molecule has 0 aliphatic heterocycles. The molecule has 1 aromatic heterocycles. The molecule has 0 saturated carbocycles. The van der Waals surface area contributed by atoms with Gasteiger partial charge in [0.05, 0.1) is 30.0 Å². The molecule has 2 aromatic carbocycles. The molecule has 2 N–H and O–H groups in total. The third kappa shape index (κ3) is 8.31. The van der Waals surface area contributed by atoms with E-state index in [2.05, 4.69) is 15.6 Å². The van der Waals surface area contributed by atoms with Crippen molar-refractivity contribution in [2.24, 2.45) is 0 Å². The summed E-state index contributed by atoms with van der Waals surface area (Å²) in [7, 11) is 0. The molecule has 0 unspecified atom stereocenters. The lowest BCUT2D eigenvalue weighted by molar-refractivity contribution is -0.116. The van der Waals surface area contributed by atoms with Crippen molar-refractivity contribution in [1.82, 2.24) is 4.98 Å². The first kappa shape index (κ1) is 25.5. The van der Waals surface area contributed by atoms with E-state index >= 15 is 0 Å². The number of rotatable bonds is 11. The summed E-state index contributed by atoms with van der Waals surface area (Å²) in [5.41, 5.74) is 3.56. The number of unbranched alkanes of at least 4 members (excludes halogenated alkanes) is 1. The summed E-state index contributed by atoms with van der Waals surface area (Å²) >= 11 is 2.74. The molecule has 0 spiro atoms. The van der Waals surface area contributed by atoms with Crippen LogP contribution in [0.5, 0.6) is 0 Å². The summed E-state index contributed by atoms with van der Waals surface area (Å²) in [6.07, 6.45) is 1.91. The molecular weight excluding hydrogens is 470 g/mol. The minimum atomic E-state index is -0.369. The number of benzene rings is 2. The number of aromatic nitrogens is 1. The maximum atomic E-state index is 12.4. The van der Waals surface area contributed by atoms with Crippen LogP contribution in [-0.2, 0) is 20.7 Å². The van der Waals surface area contributed by atoms with Crippen molar-refractivity contribution in [3.05, 3.63) is 70.7 Å². The van der Waals surface area contributed by atoms with Gasteiger partial charge in [-0.25, -0.2) is 9.78 Å². The van der Waals surface area contributed by atoms with Gasteiger partial charge in [0.15, 0.2) is 4.34 Å². The number of nitrogens with one attached hydrogen (secondary N) is 2. The van der Waals surface area contributed by atoms with Crippen molar-refractivity contribution in [3.63, 3.8) is 0 Å². The van der Waals surface area contributed by atoms with Crippen molar-refractivity contribution in [1.29, 1.82) is 0 Å². The van der Waals surface area contributed by atoms with E-state index in [1.165, 1.54) is 23.1 Å². The molecule has 3 aromatic rings. The summed E-state index contributed by atoms with van der Waals surface area (Å²) < 4.78 is 5.91. The molecule has 7 nitrogen and oxygen atoms in total. The molecule has 2 amide bonds. The van der Waals surface area contributed by atoms with E-state index in [0.717, 1.165) is 28.4 Å². The minimum Gasteiger partial charge on any atom is -0.462 e. The molecule has 178 valence electrons. The van der Waals surface area contributed by atoms with Crippen LogP contribution in [0.2, 0.25) is 0 Å². The molecule has 0 bridgehead atoms. The van der Waals surface area contributed by atoms with E-state index in [1.807, 2.05) is 43.5 Å². The van der Waals surface area contributed by atoms with Gasteiger partial charge in [-0.15, -0.1) is 11.3 Å². The number of anilines is 2. The van der Waals surface area contributed by atoms with Gasteiger partial charge < -0.3 is 15.4 Å². The van der Waals surface area contributed by atoms with Crippen LogP contribution >= 0.6 is 23.1 Å². The van der Waals surface area contributed by atoms with Crippen LogP contribution in [0.3, 0.4) is 0 Å². The highest BCUT2D eigenvalue weighted by molar-refractivity contribution is 8.01. The van der Waals surface area contributed by atoms with Crippen LogP contribution in [0.1, 0.15) is 41.4 Å². The molecular formula is C25H27N3O4S2. The Hall–Kier alpha value is -3.17. The molecule has 0 atom stereocenters. The van der Waals surface area contributed by atoms with Gasteiger partial charge in [0, 0.05) is 16.8 Å². The number of carbonyl (C=O) groups excluding carboxylic acids is 3. The zero-order chi connectivity index (χ0) is 24.3. The molecule has 9 heteroatoms. The fourth-order valence-corrected chi connectivity index (χ4v) is 4.49. The van der Waals surface area contributed by atoms with E-state index in [0.29, 0.717) is 23.6 Å². The Morgan fingerprint density at radius 3 is 2.29 bits per heavy atom. The maximum Gasteiger partial charge on any atom is 0.338 e. The van der Waals surface area contributed by atoms with Gasteiger partial charge in [0.1, 0.15) is 0 Å². The van der Waals surface area contributed by atoms with Gasteiger partial charge in [0.2, 0.25) is 11.8 Å². The largest absolute Gasteiger partial charge is 0.462 e. The Morgan fingerprint density at radius 2 is 1.62 bits per heavy atom. The first-order chi connectivity index (χ1) is 16.4. The Bertz CT molecular complexity index is 1110. The number of nitrogens with zero attached hydrogens (tertiary/aromatic N) is 1. The fourth-order valence-electron chi connectivity index (χ4n) is 2.85. The Balaban J connectivity index is 1.42. The molecule has 0 aliphatic carbocycles. The fraction of sp³-hybridized carbons (Fsp3) is 0.280. The van der Waals surface area contributed by atoms with E-state index in [-0.39, 0.29) is 30.0 Å². The number of esters is 1. The first-order valence-electron chi connectivity index (χ1n) is 10.9. The zero-order valence-corrected chi connectivity index (χ0v) is 20.8. The first-order valence-corrected chi connectivity index (χ1v) is 12.8. The van der Waals surface area contributed by atoms with Gasteiger partial charge in [-0.3, -0.25) is 9.59 Å². The number of hydrogen-bond donors (Lipinski definition) is 2. The number of aryl methyl sites for hydroxylation is 1. The van der Waals surface area contributed by atoms with Gasteiger partial charge in [0.25, 0.3) is 0 Å². The standard InChI is InChI=1S/C25H27N3O4S2/c1-3-4-13-32-24(31)18-7-11-20(12-8-18)26-22(29)14-21-15-33-25(28-21)34-16-23(30)27-19-9-5-17(2)6-10-19/h5-12,15H,3-4,13-14,16H2,1-2H3,(H,26,29)(H,27,30). The Morgan fingerprint density at radius 1 is 0.971 bits per heavy atom. The summed E-state index contributed by atoms with van der Waals surface area (Å²) in [6.45, 7) is 4.42. The second-order valence-electron chi connectivity index (χ2n) is 7.60. The van der Waals surface area contributed by atoms with Crippen molar-refractivity contribution < 1.29 is 19.1 Å². The summed E-state index contributed by atoms with van der Waals surface area (Å²) in [5, 5.41) is 7.47. The molecule has 0 radical (unpaired) electrons. The second kappa shape index (κ2) is 12.9. The van der Waals surface area contributed by atoms with Crippen molar-refractivity contribution >= 4 is 52.3 Å². The van der Waals surface area contributed by atoms with Gasteiger partial charge >= 0.3 is 5.97 Å². The van der Waals surface area contributed by atoms with Gasteiger partial charge in [-0.05, 0) is 49.7 Å². The lowest BCUT2D eigenvalue weighted by Crippen LogP contribution is -2.15. The summed E-state index contributed by atoms with van der Waals surface area (Å²) in [6, 6.07) is 14.2. The topological polar surface area (TPSA) is 97.4 Å². The molecule has 0 fully saturated rings. The van der Waals surface area contributed by atoms with Crippen LogP contribution < -0.4 is 10.6 Å². The lowest BCUT2D eigenvalue weighted by atomic mass is 10.2.